The van der Waals surface area contributed by atoms with Gasteiger partial charge in [-0.1, -0.05) is 6.07 Å². The predicted octanol–water partition coefficient (Wildman–Crippen LogP) is 1.87. The highest BCUT2D eigenvalue weighted by atomic mass is 16.2. The van der Waals surface area contributed by atoms with E-state index in [0.717, 1.165) is 11.3 Å². The van der Waals surface area contributed by atoms with Crippen molar-refractivity contribution < 1.29 is 4.79 Å². The fourth-order valence-corrected chi connectivity index (χ4v) is 2.39. The zero-order valence-electron chi connectivity index (χ0n) is 12.8. The van der Waals surface area contributed by atoms with Gasteiger partial charge in [-0.3, -0.25) is 15.1 Å². The molecule has 0 aliphatic heterocycles. The average molecular weight is 319 g/mol. The quantitative estimate of drug-likeness (QED) is 0.622. The molecule has 0 unspecified atom stereocenters. The van der Waals surface area contributed by atoms with Gasteiger partial charge >= 0.3 is 0 Å². The molecule has 0 fully saturated rings. The molecule has 1 amide bonds. The van der Waals surface area contributed by atoms with Gasteiger partial charge < -0.3 is 0 Å². The predicted molar refractivity (Wildman–Crippen MR) is 87.0 cm³/mol. The SMILES string of the molecule is Cc1cc(-n2cccn2)cn2nc(NC(=O)c3ccccn3)nc12. The van der Waals surface area contributed by atoms with Gasteiger partial charge in [-0.2, -0.15) is 10.1 Å². The van der Waals surface area contributed by atoms with Gasteiger partial charge in [-0.05, 0) is 36.8 Å². The molecule has 0 atom stereocenters. The monoisotopic (exact) mass is 319 g/mol. The minimum absolute atomic E-state index is 0.228. The zero-order valence-corrected chi connectivity index (χ0v) is 12.8. The number of pyridine rings is 2. The number of hydrogen-bond donors (Lipinski definition) is 1. The van der Waals surface area contributed by atoms with E-state index in [9.17, 15) is 4.79 Å². The molecule has 4 aromatic heterocycles. The molecular weight excluding hydrogens is 306 g/mol. The second-order valence-corrected chi connectivity index (χ2v) is 5.20. The topological polar surface area (TPSA) is 90.0 Å². The molecule has 24 heavy (non-hydrogen) atoms. The molecule has 0 radical (unpaired) electrons. The first-order valence-electron chi connectivity index (χ1n) is 7.30. The molecule has 4 aromatic rings. The number of nitrogens with zero attached hydrogens (tertiary/aromatic N) is 6. The van der Waals surface area contributed by atoms with Crippen LogP contribution in [-0.2, 0) is 0 Å². The van der Waals surface area contributed by atoms with E-state index < -0.39 is 0 Å². The smallest absolute Gasteiger partial charge is 0.276 e. The lowest BCUT2D eigenvalue weighted by Crippen LogP contribution is -2.14. The van der Waals surface area contributed by atoms with E-state index in [-0.39, 0.29) is 11.9 Å². The first-order valence-corrected chi connectivity index (χ1v) is 7.30. The second kappa shape index (κ2) is 5.58. The molecule has 0 aromatic carbocycles. The standard InChI is InChI=1S/C16H13N7O/c1-11-9-12(22-8-4-7-18-22)10-23-14(11)19-16(21-23)20-15(24)13-5-2-3-6-17-13/h2-10H,1H3,(H,20,21,24). The molecule has 0 aliphatic carbocycles. The molecule has 4 heterocycles. The van der Waals surface area contributed by atoms with Crippen molar-refractivity contribution in [1.82, 2.24) is 29.4 Å². The third kappa shape index (κ3) is 2.50. The second-order valence-electron chi connectivity index (χ2n) is 5.20. The molecule has 0 saturated carbocycles. The van der Waals surface area contributed by atoms with Crippen molar-refractivity contribution in [3.8, 4) is 5.69 Å². The average Bonchev–Trinajstić information content (AvgIpc) is 3.25. The molecule has 0 aliphatic rings. The molecular formula is C16H13N7O. The molecule has 1 N–H and O–H groups in total. The van der Waals surface area contributed by atoms with Crippen LogP contribution in [0, 0.1) is 6.92 Å². The van der Waals surface area contributed by atoms with E-state index >= 15 is 0 Å². The van der Waals surface area contributed by atoms with Crippen LogP contribution >= 0.6 is 0 Å². The molecule has 0 bridgehead atoms. The first-order chi connectivity index (χ1) is 11.7. The van der Waals surface area contributed by atoms with E-state index in [1.165, 1.54) is 0 Å². The highest BCUT2D eigenvalue weighted by Gasteiger charge is 2.13. The number of aromatic nitrogens is 6. The first kappa shape index (κ1) is 14.1. The number of carbonyl (C=O) groups is 1. The minimum atomic E-state index is -0.351. The Morgan fingerprint density at radius 3 is 2.88 bits per heavy atom. The van der Waals surface area contributed by atoms with Crippen molar-refractivity contribution >= 4 is 17.5 Å². The number of carbonyl (C=O) groups excluding carboxylic acids is 1. The maximum absolute atomic E-state index is 12.2. The summed E-state index contributed by atoms with van der Waals surface area (Å²) in [5, 5.41) is 11.2. The van der Waals surface area contributed by atoms with Crippen molar-refractivity contribution in [2.45, 2.75) is 6.92 Å². The molecule has 8 nitrogen and oxygen atoms in total. The lowest BCUT2D eigenvalue weighted by Gasteiger charge is -2.03. The lowest BCUT2D eigenvalue weighted by molar-refractivity contribution is 0.102. The highest BCUT2D eigenvalue weighted by molar-refractivity contribution is 6.01. The summed E-state index contributed by atoms with van der Waals surface area (Å²) >= 11 is 0. The summed E-state index contributed by atoms with van der Waals surface area (Å²) in [6, 6.07) is 8.94. The number of fused-ring (bicyclic) bond motifs is 1. The molecule has 0 saturated heterocycles. The number of hydrogen-bond acceptors (Lipinski definition) is 5. The van der Waals surface area contributed by atoms with Crippen LogP contribution < -0.4 is 5.32 Å². The summed E-state index contributed by atoms with van der Waals surface area (Å²) in [6.07, 6.45) is 6.92. The van der Waals surface area contributed by atoms with E-state index in [1.807, 2.05) is 25.3 Å². The number of rotatable bonds is 3. The number of anilines is 1. The van der Waals surface area contributed by atoms with Crippen LogP contribution in [0.15, 0.2) is 55.1 Å². The summed E-state index contributed by atoms with van der Waals surface area (Å²) in [6.45, 7) is 1.93. The van der Waals surface area contributed by atoms with Crippen LogP contribution in [0.3, 0.4) is 0 Å². The summed E-state index contributed by atoms with van der Waals surface area (Å²) in [7, 11) is 0. The third-order valence-electron chi connectivity index (χ3n) is 3.49. The summed E-state index contributed by atoms with van der Waals surface area (Å²) in [4.78, 5) is 20.5. The van der Waals surface area contributed by atoms with Gasteiger partial charge in [0.2, 0.25) is 5.95 Å². The maximum Gasteiger partial charge on any atom is 0.276 e. The van der Waals surface area contributed by atoms with E-state index in [4.69, 9.17) is 0 Å². The highest BCUT2D eigenvalue weighted by Crippen LogP contribution is 2.16. The number of amides is 1. The Bertz CT molecular complexity index is 1010. The van der Waals surface area contributed by atoms with Gasteiger partial charge in [-0.25, -0.2) is 9.20 Å². The van der Waals surface area contributed by atoms with Crippen LogP contribution in [0.2, 0.25) is 0 Å². The number of aryl methyl sites for hydroxylation is 1. The van der Waals surface area contributed by atoms with Gasteiger partial charge in [0, 0.05) is 18.6 Å². The van der Waals surface area contributed by atoms with Crippen LogP contribution in [0.5, 0.6) is 0 Å². The van der Waals surface area contributed by atoms with Gasteiger partial charge in [0.15, 0.2) is 5.65 Å². The van der Waals surface area contributed by atoms with Crippen molar-refractivity contribution in [1.29, 1.82) is 0 Å². The lowest BCUT2D eigenvalue weighted by atomic mass is 10.3. The molecule has 4 rings (SSSR count). The van der Waals surface area contributed by atoms with Gasteiger partial charge in [0.05, 0.1) is 11.9 Å². The maximum atomic E-state index is 12.2. The van der Waals surface area contributed by atoms with E-state index in [0.29, 0.717) is 11.3 Å². The Morgan fingerprint density at radius 2 is 2.12 bits per heavy atom. The fourth-order valence-electron chi connectivity index (χ4n) is 2.39. The summed E-state index contributed by atoms with van der Waals surface area (Å²) in [5.41, 5.74) is 2.76. The normalized spacial score (nSPS) is 10.9. The largest absolute Gasteiger partial charge is 0.288 e. The van der Waals surface area contributed by atoms with Crippen molar-refractivity contribution in [3.05, 3.63) is 66.4 Å². The third-order valence-corrected chi connectivity index (χ3v) is 3.49. The molecule has 8 heteroatoms. The van der Waals surface area contributed by atoms with Crippen LogP contribution in [0.4, 0.5) is 5.95 Å². The Morgan fingerprint density at radius 1 is 1.21 bits per heavy atom. The Labute approximate surface area is 136 Å². The zero-order chi connectivity index (χ0) is 16.5. The number of nitrogens with one attached hydrogen (secondary N) is 1. The molecule has 0 spiro atoms. The van der Waals surface area contributed by atoms with Crippen LogP contribution in [0.25, 0.3) is 11.3 Å². The Hall–Kier alpha value is -3.55. The van der Waals surface area contributed by atoms with Gasteiger partial charge in [0.1, 0.15) is 5.69 Å². The van der Waals surface area contributed by atoms with Gasteiger partial charge in [-0.15, -0.1) is 5.10 Å². The van der Waals surface area contributed by atoms with Crippen molar-refractivity contribution in [2.75, 3.05) is 5.32 Å². The Balaban J connectivity index is 1.68. The minimum Gasteiger partial charge on any atom is -0.288 e. The summed E-state index contributed by atoms with van der Waals surface area (Å²) < 4.78 is 3.36. The van der Waals surface area contributed by atoms with Crippen LogP contribution in [-0.4, -0.2) is 35.3 Å². The Kier molecular flexibility index (Phi) is 3.27. The summed E-state index contributed by atoms with van der Waals surface area (Å²) in [5.74, 6) is -0.122. The van der Waals surface area contributed by atoms with Gasteiger partial charge in [0.25, 0.3) is 5.91 Å². The molecule has 118 valence electrons. The van der Waals surface area contributed by atoms with Crippen LogP contribution in [0.1, 0.15) is 16.1 Å². The van der Waals surface area contributed by atoms with E-state index in [1.54, 1.807) is 46.0 Å². The van der Waals surface area contributed by atoms with Crippen molar-refractivity contribution in [3.63, 3.8) is 0 Å². The van der Waals surface area contributed by atoms with Crippen molar-refractivity contribution in [2.24, 2.45) is 0 Å². The van der Waals surface area contributed by atoms with E-state index in [2.05, 4.69) is 25.5 Å². The fraction of sp³-hybridized carbons (Fsp3) is 0.0625.